The molecule has 1 N–H and O–H groups in total. The lowest BCUT2D eigenvalue weighted by molar-refractivity contribution is -0.0182. The Morgan fingerprint density at radius 3 is 2.50 bits per heavy atom. The van der Waals surface area contributed by atoms with E-state index >= 15 is 0 Å². The molecule has 74 valence electrons. The summed E-state index contributed by atoms with van der Waals surface area (Å²) in [7, 11) is 0. The van der Waals surface area contributed by atoms with Crippen molar-refractivity contribution in [1.82, 2.24) is 0 Å². The predicted molar refractivity (Wildman–Crippen MR) is 55.8 cm³/mol. The summed E-state index contributed by atoms with van der Waals surface area (Å²) < 4.78 is 0. The van der Waals surface area contributed by atoms with Crippen molar-refractivity contribution in [2.75, 3.05) is 0 Å². The van der Waals surface area contributed by atoms with E-state index in [1.54, 1.807) is 0 Å². The maximum absolute atomic E-state index is 10.7. The third-order valence-corrected chi connectivity index (χ3v) is 4.09. The van der Waals surface area contributed by atoms with Gasteiger partial charge in [0.1, 0.15) is 0 Å². The van der Waals surface area contributed by atoms with E-state index in [1.807, 2.05) is 18.2 Å². The molecule has 0 radical (unpaired) electrons. The van der Waals surface area contributed by atoms with Crippen molar-refractivity contribution in [1.29, 1.82) is 0 Å². The first-order chi connectivity index (χ1) is 6.79. The van der Waals surface area contributed by atoms with Crippen LogP contribution >= 0.6 is 0 Å². The second-order valence-electron chi connectivity index (χ2n) is 4.87. The molecule has 0 aromatic heterocycles. The predicted octanol–water partition coefficient (Wildman–Crippen LogP) is 2.69. The maximum atomic E-state index is 10.7. The van der Waals surface area contributed by atoms with Gasteiger partial charge in [-0.25, -0.2) is 0 Å². The molecule has 1 aromatic carbocycles. The highest BCUT2D eigenvalue weighted by molar-refractivity contribution is 5.26. The first kappa shape index (κ1) is 8.49. The third-order valence-electron chi connectivity index (χ3n) is 4.09. The molecule has 3 rings (SSSR count). The molecule has 1 nitrogen and oxygen atoms in total. The number of benzene rings is 1. The molecule has 2 saturated carbocycles. The van der Waals surface area contributed by atoms with Gasteiger partial charge in [0.05, 0.1) is 5.60 Å². The molecule has 2 bridgehead atoms. The van der Waals surface area contributed by atoms with Crippen LogP contribution in [-0.4, -0.2) is 5.11 Å². The summed E-state index contributed by atoms with van der Waals surface area (Å²) in [6, 6.07) is 10.2. The van der Waals surface area contributed by atoms with Gasteiger partial charge in [-0.2, -0.15) is 0 Å². The minimum atomic E-state index is -0.496. The second-order valence-corrected chi connectivity index (χ2v) is 4.87. The summed E-state index contributed by atoms with van der Waals surface area (Å²) in [5, 5.41) is 10.7. The van der Waals surface area contributed by atoms with Crippen LogP contribution in [0.25, 0.3) is 0 Å². The summed E-state index contributed by atoms with van der Waals surface area (Å²) in [6.07, 6.45) is 4.78. The van der Waals surface area contributed by atoms with Crippen LogP contribution in [0.5, 0.6) is 0 Å². The van der Waals surface area contributed by atoms with E-state index in [0.29, 0.717) is 5.92 Å². The molecule has 2 aliphatic carbocycles. The van der Waals surface area contributed by atoms with Crippen molar-refractivity contribution >= 4 is 0 Å². The molecular formula is C13H16O. The van der Waals surface area contributed by atoms with Gasteiger partial charge in [0.25, 0.3) is 0 Å². The molecule has 0 amide bonds. The quantitative estimate of drug-likeness (QED) is 0.718. The van der Waals surface area contributed by atoms with Crippen molar-refractivity contribution in [3.05, 3.63) is 35.9 Å². The molecule has 0 unspecified atom stereocenters. The average Bonchev–Trinajstić information content (AvgIpc) is 2.79. The number of hydrogen-bond acceptors (Lipinski definition) is 1. The van der Waals surface area contributed by atoms with Crippen LogP contribution in [0.4, 0.5) is 0 Å². The highest BCUT2D eigenvalue weighted by Crippen LogP contribution is 2.55. The van der Waals surface area contributed by atoms with Crippen LogP contribution in [0, 0.1) is 11.8 Å². The maximum Gasteiger partial charge on any atom is 0.0927 e. The van der Waals surface area contributed by atoms with Crippen molar-refractivity contribution in [3.63, 3.8) is 0 Å². The summed E-state index contributed by atoms with van der Waals surface area (Å²) in [6.45, 7) is 0. The van der Waals surface area contributed by atoms with E-state index in [9.17, 15) is 5.11 Å². The van der Waals surface area contributed by atoms with Crippen molar-refractivity contribution in [3.8, 4) is 0 Å². The van der Waals surface area contributed by atoms with E-state index in [1.165, 1.54) is 19.3 Å². The van der Waals surface area contributed by atoms with E-state index in [-0.39, 0.29) is 0 Å². The van der Waals surface area contributed by atoms with Crippen LogP contribution in [0.15, 0.2) is 30.3 Å². The van der Waals surface area contributed by atoms with Gasteiger partial charge in [-0.05, 0) is 43.1 Å². The first-order valence-electron chi connectivity index (χ1n) is 5.57. The lowest BCUT2D eigenvalue weighted by Gasteiger charge is -2.32. The van der Waals surface area contributed by atoms with Crippen LogP contribution in [-0.2, 0) is 5.60 Å². The van der Waals surface area contributed by atoms with Gasteiger partial charge >= 0.3 is 0 Å². The van der Waals surface area contributed by atoms with E-state index in [2.05, 4.69) is 12.1 Å². The van der Waals surface area contributed by atoms with Crippen LogP contribution in [0.3, 0.4) is 0 Å². The van der Waals surface area contributed by atoms with Gasteiger partial charge in [-0.1, -0.05) is 30.3 Å². The van der Waals surface area contributed by atoms with Crippen LogP contribution in [0.1, 0.15) is 31.2 Å². The molecule has 0 aliphatic heterocycles. The fourth-order valence-corrected chi connectivity index (χ4v) is 3.38. The number of aliphatic hydroxyl groups is 1. The number of fused-ring (bicyclic) bond motifs is 2. The molecule has 0 spiro atoms. The van der Waals surface area contributed by atoms with Crippen LogP contribution < -0.4 is 0 Å². The highest BCUT2D eigenvalue weighted by atomic mass is 16.3. The topological polar surface area (TPSA) is 20.2 Å². The molecule has 1 heteroatoms. The molecule has 2 aliphatic rings. The lowest BCUT2D eigenvalue weighted by Crippen LogP contribution is -2.31. The normalized spacial score (nSPS) is 40.4. The zero-order chi connectivity index (χ0) is 9.60. The largest absolute Gasteiger partial charge is 0.385 e. The summed E-state index contributed by atoms with van der Waals surface area (Å²) in [5.74, 6) is 1.31. The summed E-state index contributed by atoms with van der Waals surface area (Å²) >= 11 is 0. The van der Waals surface area contributed by atoms with Crippen molar-refractivity contribution < 1.29 is 5.11 Å². The van der Waals surface area contributed by atoms with E-state index in [4.69, 9.17) is 0 Å². The van der Waals surface area contributed by atoms with Crippen molar-refractivity contribution in [2.45, 2.75) is 31.3 Å². The Hall–Kier alpha value is -0.820. The van der Waals surface area contributed by atoms with E-state index in [0.717, 1.165) is 17.9 Å². The zero-order valence-corrected chi connectivity index (χ0v) is 8.32. The highest BCUT2D eigenvalue weighted by Gasteiger charge is 2.50. The molecule has 0 heterocycles. The van der Waals surface area contributed by atoms with Gasteiger partial charge < -0.3 is 5.11 Å². The summed E-state index contributed by atoms with van der Waals surface area (Å²) in [4.78, 5) is 0. The standard InChI is InChI=1S/C13H16O/c14-13(11-4-2-1-3-5-11)9-10-6-7-12(13)8-10/h1-5,10,12,14H,6-9H2/t10-,12-,13+/m1/s1. The fourth-order valence-electron chi connectivity index (χ4n) is 3.38. The molecule has 0 saturated heterocycles. The Balaban J connectivity index is 1.98. The van der Waals surface area contributed by atoms with E-state index < -0.39 is 5.60 Å². The number of rotatable bonds is 1. The fraction of sp³-hybridized carbons (Fsp3) is 0.538. The summed E-state index contributed by atoms with van der Waals surface area (Å²) in [5.41, 5.74) is 0.636. The van der Waals surface area contributed by atoms with Crippen LogP contribution in [0.2, 0.25) is 0 Å². The molecule has 14 heavy (non-hydrogen) atoms. The number of hydrogen-bond donors (Lipinski definition) is 1. The Morgan fingerprint density at radius 2 is 1.93 bits per heavy atom. The Morgan fingerprint density at radius 1 is 1.14 bits per heavy atom. The minimum absolute atomic E-state index is 0.496. The van der Waals surface area contributed by atoms with Crippen molar-refractivity contribution in [2.24, 2.45) is 11.8 Å². The lowest BCUT2D eigenvalue weighted by atomic mass is 9.79. The minimum Gasteiger partial charge on any atom is -0.385 e. The molecule has 1 aromatic rings. The van der Waals surface area contributed by atoms with Gasteiger partial charge in [0.15, 0.2) is 0 Å². The van der Waals surface area contributed by atoms with Gasteiger partial charge in [-0.3, -0.25) is 0 Å². The Kier molecular flexibility index (Phi) is 1.72. The molecular weight excluding hydrogens is 172 g/mol. The zero-order valence-electron chi connectivity index (χ0n) is 8.32. The first-order valence-corrected chi connectivity index (χ1v) is 5.57. The average molecular weight is 188 g/mol. The second kappa shape index (κ2) is 2.83. The molecule has 2 fully saturated rings. The molecule has 3 atom stereocenters. The third kappa shape index (κ3) is 1.05. The van der Waals surface area contributed by atoms with Gasteiger partial charge in [0.2, 0.25) is 0 Å². The SMILES string of the molecule is O[C@]1(c2ccccc2)C[C@@H]2CC[C@@H]1C2. The van der Waals surface area contributed by atoms with Gasteiger partial charge in [-0.15, -0.1) is 0 Å². The van der Waals surface area contributed by atoms with Gasteiger partial charge in [0, 0.05) is 0 Å². The Bertz CT molecular complexity index is 332. The Labute approximate surface area is 84.8 Å². The smallest absolute Gasteiger partial charge is 0.0927 e. The monoisotopic (exact) mass is 188 g/mol.